The van der Waals surface area contributed by atoms with E-state index in [1.54, 1.807) is 11.3 Å². The van der Waals surface area contributed by atoms with Crippen molar-refractivity contribution in [3.8, 4) is 0 Å². The maximum atomic E-state index is 12.8. The van der Waals surface area contributed by atoms with Crippen molar-refractivity contribution in [2.24, 2.45) is 5.41 Å². The molecule has 4 rings (SSSR count). The number of amides is 1. The number of rotatable bonds is 2. The van der Waals surface area contributed by atoms with Crippen molar-refractivity contribution in [1.29, 1.82) is 0 Å². The highest BCUT2D eigenvalue weighted by molar-refractivity contribution is 7.12. The molecule has 0 unspecified atom stereocenters. The lowest BCUT2D eigenvalue weighted by molar-refractivity contribution is 0.0771. The number of nitrogens with zero attached hydrogens (tertiary/aromatic N) is 4. The standard InChI is InChI=1S/C19H24N4OS/c1-14-6-11-25-17(14)18(24)23-10-8-19(13-23)7-3-9-22(12-19)16-5-4-15(2)20-21-16/h4-6,11H,3,7-10,12-13H2,1-2H3/t19-/m0/s1. The second-order valence-corrected chi connectivity index (χ2v) is 8.38. The first kappa shape index (κ1) is 16.5. The molecule has 25 heavy (non-hydrogen) atoms. The monoisotopic (exact) mass is 356 g/mol. The second-order valence-electron chi connectivity index (χ2n) is 7.47. The molecule has 132 valence electrons. The van der Waals surface area contributed by atoms with Crippen molar-refractivity contribution in [2.45, 2.75) is 33.1 Å². The molecule has 2 aromatic heterocycles. The Morgan fingerprint density at radius 1 is 1.12 bits per heavy atom. The Kier molecular flexibility index (Phi) is 4.23. The van der Waals surface area contributed by atoms with Gasteiger partial charge in [0, 0.05) is 31.6 Å². The summed E-state index contributed by atoms with van der Waals surface area (Å²) in [7, 11) is 0. The zero-order chi connectivity index (χ0) is 17.4. The molecule has 2 aliphatic heterocycles. The minimum atomic E-state index is 0.200. The summed E-state index contributed by atoms with van der Waals surface area (Å²) in [6.45, 7) is 7.70. The number of piperidine rings is 1. The van der Waals surface area contributed by atoms with Crippen LogP contribution in [0.4, 0.5) is 5.82 Å². The van der Waals surface area contributed by atoms with Gasteiger partial charge in [-0.1, -0.05) is 0 Å². The summed E-state index contributed by atoms with van der Waals surface area (Å²) in [5.41, 5.74) is 2.24. The van der Waals surface area contributed by atoms with E-state index in [-0.39, 0.29) is 11.3 Å². The molecule has 2 aliphatic rings. The molecule has 2 saturated heterocycles. The molecule has 0 radical (unpaired) electrons. The van der Waals surface area contributed by atoms with Crippen LogP contribution in [0.2, 0.25) is 0 Å². The van der Waals surface area contributed by atoms with E-state index >= 15 is 0 Å². The predicted molar refractivity (Wildman–Crippen MR) is 100 cm³/mol. The molecule has 0 aliphatic carbocycles. The van der Waals surface area contributed by atoms with Gasteiger partial charge in [-0.25, -0.2) is 0 Å². The Morgan fingerprint density at radius 2 is 2.00 bits per heavy atom. The zero-order valence-corrected chi connectivity index (χ0v) is 15.7. The van der Waals surface area contributed by atoms with Gasteiger partial charge >= 0.3 is 0 Å². The molecule has 0 aromatic carbocycles. The van der Waals surface area contributed by atoms with Gasteiger partial charge in [-0.05, 0) is 62.3 Å². The molecule has 1 atom stereocenters. The van der Waals surface area contributed by atoms with Crippen LogP contribution in [0.1, 0.15) is 40.2 Å². The molecule has 4 heterocycles. The van der Waals surface area contributed by atoms with Crippen molar-refractivity contribution in [2.75, 3.05) is 31.1 Å². The van der Waals surface area contributed by atoms with E-state index in [0.29, 0.717) is 0 Å². The van der Waals surface area contributed by atoms with E-state index in [1.807, 2.05) is 31.4 Å². The molecular formula is C19H24N4OS. The van der Waals surface area contributed by atoms with Gasteiger partial charge in [-0.3, -0.25) is 4.79 Å². The van der Waals surface area contributed by atoms with Crippen LogP contribution in [-0.4, -0.2) is 47.2 Å². The molecule has 6 heteroatoms. The maximum absolute atomic E-state index is 12.8. The summed E-state index contributed by atoms with van der Waals surface area (Å²) < 4.78 is 0. The topological polar surface area (TPSA) is 49.3 Å². The molecule has 2 fully saturated rings. The Morgan fingerprint density at radius 3 is 2.72 bits per heavy atom. The Hall–Kier alpha value is -1.95. The van der Waals surface area contributed by atoms with Gasteiger partial charge in [-0.2, -0.15) is 5.10 Å². The quantitative estimate of drug-likeness (QED) is 0.828. The number of aromatic nitrogens is 2. The lowest BCUT2D eigenvalue weighted by Gasteiger charge is -2.40. The van der Waals surface area contributed by atoms with E-state index in [4.69, 9.17) is 0 Å². The van der Waals surface area contributed by atoms with Gasteiger partial charge in [0.15, 0.2) is 5.82 Å². The molecular weight excluding hydrogens is 332 g/mol. The van der Waals surface area contributed by atoms with E-state index in [0.717, 1.165) is 61.0 Å². The minimum absolute atomic E-state index is 0.200. The first-order valence-corrected chi connectivity index (χ1v) is 9.83. The third-order valence-corrected chi connectivity index (χ3v) is 6.56. The predicted octanol–water partition coefficient (Wildman–Crippen LogP) is 3.29. The van der Waals surface area contributed by atoms with E-state index in [2.05, 4.69) is 26.1 Å². The van der Waals surface area contributed by atoms with Crippen molar-refractivity contribution in [3.63, 3.8) is 0 Å². The second kappa shape index (κ2) is 6.41. The molecule has 0 bridgehead atoms. The fourth-order valence-electron chi connectivity index (χ4n) is 4.14. The summed E-state index contributed by atoms with van der Waals surface area (Å²) in [6.07, 6.45) is 3.42. The molecule has 2 aromatic rings. The first-order chi connectivity index (χ1) is 12.1. The number of thiophene rings is 1. The van der Waals surface area contributed by atoms with E-state index in [9.17, 15) is 4.79 Å². The van der Waals surface area contributed by atoms with E-state index < -0.39 is 0 Å². The zero-order valence-electron chi connectivity index (χ0n) is 14.9. The van der Waals surface area contributed by atoms with Crippen molar-refractivity contribution in [3.05, 3.63) is 39.7 Å². The third-order valence-electron chi connectivity index (χ3n) is 5.55. The number of carbonyl (C=O) groups is 1. The summed E-state index contributed by atoms with van der Waals surface area (Å²) >= 11 is 1.56. The molecule has 0 saturated carbocycles. The Labute approximate surface area is 152 Å². The van der Waals surface area contributed by atoms with Gasteiger partial charge in [0.25, 0.3) is 5.91 Å². The maximum Gasteiger partial charge on any atom is 0.264 e. The highest BCUT2D eigenvalue weighted by Gasteiger charge is 2.43. The fourth-order valence-corrected chi connectivity index (χ4v) is 5.03. The highest BCUT2D eigenvalue weighted by atomic mass is 32.1. The normalized spacial score (nSPS) is 23.4. The van der Waals surface area contributed by atoms with Crippen LogP contribution in [0.3, 0.4) is 0 Å². The van der Waals surface area contributed by atoms with Gasteiger partial charge in [0.05, 0.1) is 10.6 Å². The smallest absolute Gasteiger partial charge is 0.264 e. The SMILES string of the molecule is Cc1ccc(N2CCC[C@]3(CCN(C(=O)c4sccc4C)C3)C2)nn1. The lowest BCUT2D eigenvalue weighted by Crippen LogP contribution is -2.45. The highest BCUT2D eigenvalue weighted by Crippen LogP contribution is 2.40. The number of carbonyl (C=O) groups excluding carboxylic acids is 1. The van der Waals surface area contributed by atoms with Crippen LogP contribution >= 0.6 is 11.3 Å². The largest absolute Gasteiger partial charge is 0.355 e. The van der Waals surface area contributed by atoms with Gasteiger partial charge in [0.2, 0.25) is 0 Å². The van der Waals surface area contributed by atoms with Crippen LogP contribution in [0.5, 0.6) is 0 Å². The average Bonchev–Trinajstić information content (AvgIpc) is 3.22. The van der Waals surface area contributed by atoms with Crippen LogP contribution in [0.15, 0.2) is 23.6 Å². The average molecular weight is 356 g/mol. The Balaban J connectivity index is 1.48. The van der Waals surface area contributed by atoms with Gasteiger partial charge in [-0.15, -0.1) is 16.4 Å². The van der Waals surface area contributed by atoms with Gasteiger partial charge in [0.1, 0.15) is 0 Å². The molecule has 1 amide bonds. The summed E-state index contributed by atoms with van der Waals surface area (Å²) in [5.74, 6) is 1.17. The van der Waals surface area contributed by atoms with Crippen molar-refractivity contribution < 1.29 is 4.79 Å². The minimum Gasteiger partial charge on any atom is -0.355 e. The third kappa shape index (κ3) is 3.15. The van der Waals surface area contributed by atoms with E-state index in [1.165, 1.54) is 6.42 Å². The summed E-state index contributed by atoms with van der Waals surface area (Å²) in [5, 5.41) is 10.6. The fraction of sp³-hybridized carbons (Fsp3) is 0.526. The number of hydrogen-bond acceptors (Lipinski definition) is 5. The van der Waals surface area contributed by atoms with Crippen LogP contribution in [0.25, 0.3) is 0 Å². The van der Waals surface area contributed by atoms with Crippen molar-refractivity contribution in [1.82, 2.24) is 15.1 Å². The van der Waals surface area contributed by atoms with Crippen LogP contribution in [0, 0.1) is 19.3 Å². The number of hydrogen-bond donors (Lipinski definition) is 0. The van der Waals surface area contributed by atoms with Crippen LogP contribution < -0.4 is 4.90 Å². The number of aryl methyl sites for hydroxylation is 2. The molecule has 0 N–H and O–H groups in total. The van der Waals surface area contributed by atoms with Gasteiger partial charge < -0.3 is 9.80 Å². The summed E-state index contributed by atoms with van der Waals surface area (Å²) in [6, 6.07) is 6.12. The van der Waals surface area contributed by atoms with Crippen molar-refractivity contribution >= 4 is 23.1 Å². The summed E-state index contributed by atoms with van der Waals surface area (Å²) in [4.78, 5) is 18.1. The number of anilines is 1. The lowest BCUT2D eigenvalue weighted by atomic mass is 9.79. The Bertz CT molecular complexity index is 772. The van der Waals surface area contributed by atoms with Crippen LogP contribution in [-0.2, 0) is 0 Å². The number of likely N-dealkylation sites (tertiary alicyclic amines) is 1. The first-order valence-electron chi connectivity index (χ1n) is 8.95. The molecule has 1 spiro atoms. The molecule has 5 nitrogen and oxygen atoms in total.